The van der Waals surface area contributed by atoms with Gasteiger partial charge in [-0.3, -0.25) is 14.8 Å². The highest BCUT2D eigenvalue weighted by atomic mass is 16.5. The van der Waals surface area contributed by atoms with E-state index in [0.717, 1.165) is 44.8 Å². The lowest BCUT2D eigenvalue weighted by molar-refractivity contribution is 0.0124. The number of nitrogens with one attached hydrogen (secondary N) is 2. The van der Waals surface area contributed by atoms with E-state index in [1.54, 1.807) is 0 Å². The molecule has 0 radical (unpaired) electrons. The summed E-state index contributed by atoms with van der Waals surface area (Å²) in [5, 5.41) is 10.2. The Balaban J connectivity index is 1.89. The Morgan fingerprint density at radius 2 is 2.00 bits per heavy atom. The average molecular weight is 336 g/mol. The number of morpholine rings is 1. The molecule has 24 heavy (non-hydrogen) atoms. The molecule has 1 aliphatic heterocycles. The van der Waals surface area contributed by atoms with E-state index in [1.165, 1.54) is 0 Å². The molecule has 1 atom stereocenters. The fraction of sp³-hybridized carbons (Fsp3) is 0.778. The lowest BCUT2D eigenvalue weighted by atomic mass is 10.0. The van der Waals surface area contributed by atoms with E-state index < -0.39 is 0 Å². The third-order valence-electron chi connectivity index (χ3n) is 4.30. The second-order valence-corrected chi connectivity index (χ2v) is 7.52. The van der Waals surface area contributed by atoms with Gasteiger partial charge in [0, 0.05) is 31.4 Å². The summed E-state index contributed by atoms with van der Waals surface area (Å²) in [6.45, 7) is 12.8. The number of hydrogen-bond acceptors (Lipinski definition) is 4. The van der Waals surface area contributed by atoms with Gasteiger partial charge in [-0.1, -0.05) is 27.7 Å². The Morgan fingerprint density at radius 1 is 1.29 bits per heavy atom. The highest BCUT2D eigenvalue weighted by Crippen LogP contribution is 2.13. The molecular weight excluding hydrogens is 304 g/mol. The summed E-state index contributed by atoms with van der Waals surface area (Å²) in [7, 11) is 0. The van der Waals surface area contributed by atoms with Crippen LogP contribution in [0.15, 0.2) is 6.07 Å². The molecule has 1 saturated heterocycles. The molecule has 0 saturated carbocycles. The third-order valence-corrected chi connectivity index (χ3v) is 4.30. The quantitative estimate of drug-likeness (QED) is 0.762. The highest BCUT2D eigenvalue weighted by molar-refractivity contribution is 5.92. The van der Waals surface area contributed by atoms with Gasteiger partial charge in [-0.05, 0) is 30.7 Å². The molecule has 6 heteroatoms. The van der Waals surface area contributed by atoms with Crippen molar-refractivity contribution in [3.05, 3.63) is 17.5 Å². The molecule has 0 aromatic carbocycles. The maximum absolute atomic E-state index is 12.4. The number of rotatable bonds is 8. The van der Waals surface area contributed by atoms with Crippen LogP contribution in [0.4, 0.5) is 0 Å². The van der Waals surface area contributed by atoms with Crippen LogP contribution in [0, 0.1) is 11.8 Å². The maximum atomic E-state index is 12.4. The van der Waals surface area contributed by atoms with E-state index in [9.17, 15) is 4.79 Å². The van der Waals surface area contributed by atoms with Gasteiger partial charge in [-0.2, -0.15) is 5.10 Å². The normalized spacial score (nSPS) is 17.4. The van der Waals surface area contributed by atoms with Crippen molar-refractivity contribution in [1.82, 2.24) is 20.4 Å². The van der Waals surface area contributed by atoms with Gasteiger partial charge in [0.25, 0.3) is 5.91 Å². The lowest BCUT2D eigenvalue weighted by Gasteiger charge is -2.35. The van der Waals surface area contributed by atoms with Gasteiger partial charge in [0.1, 0.15) is 5.69 Å². The molecule has 1 amide bonds. The summed E-state index contributed by atoms with van der Waals surface area (Å²) in [5.41, 5.74) is 1.50. The van der Waals surface area contributed by atoms with Gasteiger partial charge >= 0.3 is 0 Å². The number of amides is 1. The Morgan fingerprint density at radius 3 is 2.62 bits per heavy atom. The number of ether oxygens (including phenoxy) is 1. The van der Waals surface area contributed by atoms with Crippen LogP contribution in [0.2, 0.25) is 0 Å². The third kappa shape index (κ3) is 5.91. The van der Waals surface area contributed by atoms with Crippen LogP contribution in [0.25, 0.3) is 0 Å². The van der Waals surface area contributed by atoms with Gasteiger partial charge in [0.15, 0.2) is 0 Å². The molecular formula is C18H32N4O2. The summed E-state index contributed by atoms with van der Waals surface area (Å²) < 4.78 is 5.44. The van der Waals surface area contributed by atoms with Crippen molar-refractivity contribution in [2.45, 2.75) is 46.6 Å². The van der Waals surface area contributed by atoms with Gasteiger partial charge in [0.05, 0.1) is 13.2 Å². The van der Waals surface area contributed by atoms with Crippen LogP contribution >= 0.6 is 0 Å². The number of nitrogens with zero attached hydrogens (tertiary/aromatic N) is 2. The maximum Gasteiger partial charge on any atom is 0.271 e. The largest absolute Gasteiger partial charge is 0.379 e. The van der Waals surface area contributed by atoms with Gasteiger partial charge in [0.2, 0.25) is 0 Å². The number of carbonyl (C=O) groups is 1. The smallest absolute Gasteiger partial charge is 0.271 e. The monoisotopic (exact) mass is 336 g/mol. The fourth-order valence-corrected chi connectivity index (χ4v) is 3.17. The minimum Gasteiger partial charge on any atom is -0.379 e. The zero-order valence-electron chi connectivity index (χ0n) is 15.5. The topological polar surface area (TPSA) is 70.2 Å². The van der Waals surface area contributed by atoms with E-state index in [2.05, 4.69) is 48.1 Å². The Bertz CT molecular complexity index is 507. The highest BCUT2D eigenvalue weighted by Gasteiger charge is 2.23. The van der Waals surface area contributed by atoms with Gasteiger partial charge < -0.3 is 10.1 Å². The van der Waals surface area contributed by atoms with E-state index >= 15 is 0 Å². The van der Waals surface area contributed by atoms with Crippen molar-refractivity contribution in [2.24, 2.45) is 11.8 Å². The standard InChI is InChI=1S/C18H32N4O2/c1-13(2)9-15-11-17(21-20-15)18(23)19-12-16(10-14(3)4)22-5-7-24-8-6-22/h11,13-14,16H,5-10,12H2,1-4H3,(H,19,23)(H,20,21). The van der Waals surface area contributed by atoms with Crippen molar-refractivity contribution < 1.29 is 9.53 Å². The first kappa shape index (κ1) is 18.9. The Kier molecular flexibility index (Phi) is 7.24. The zero-order valence-corrected chi connectivity index (χ0v) is 15.5. The number of aromatic nitrogens is 2. The second kappa shape index (κ2) is 9.18. The number of carbonyl (C=O) groups excluding carboxylic acids is 1. The zero-order chi connectivity index (χ0) is 17.5. The molecule has 2 N–H and O–H groups in total. The van der Waals surface area contributed by atoms with E-state index in [4.69, 9.17) is 4.74 Å². The number of aromatic amines is 1. The summed E-state index contributed by atoms with van der Waals surface area (Å²) in [4.78, 5) is 14.8. The SMILES string of the molecule is CC(C)Cc1cc(C(=O)NCC(CC(C)C)N2CCOCC2)n[nH]1. The van der Waals surface area contributed by atoms with E-state index in [-0.39, 0.29) is 5.91 Å². The van der Waals surface area contributed by atoms with E-state index in [1.807, 2.05) is 6.07 Å². The number of H-pyrrole nitrogens is 1. The van der Waals surface area contributed by atoms with Crippen molar-refractivity contribution in [2.75, 3.05) is 32.8 Å². The van der Waals surface area contributed by atoms with Crippen molar-refractivity contribution in [3.8, 4) is 0 Å². The van der Waals surface area contributed by atoms with Crippen LogP contribution in [0.5, 0.6) is 0 Å². The fourth-order valence-electron chi connectivity index (χ4n) is 3.17. The summed E-state index contributed by atoms with van der Waals surface area (Å²) >= 11 is 0. The minimum atomic E-state index is -0.0942. The first-order valence-electron chi connectivity index (χ1n) is 9.10. The predicted molar refractivity (Wildman–Crippen MR) is 95.1 cm³/mol. The molecule has 2 rings (SSSR count). The molecule has 1 unspecified atom stereocenters. The molecule has 0 aliphatic carbocycles. The average Bonchev–Trinajstić information content (AvgIpc) is 2.99. The van der Waals surface area contributed by atoms with Crippen LogP contribution < -0.4 is 5.32 Å². The molecule has 6 nitrogen and oxygen atoms in total. The summed E-state index contributed by atoms with van der Waals surface area (Å²) in [6, 6.07) is 2.22. The van der Waals surface area contributed by atoms with Crippen LogP contribution in [-0.4, -0.2) is 59.9 Å². The molecule has 0 spiro atoms. The molecule has 0 bridgehead atoms. The van der Waals surface area contributed by atoms with Crippen molar-refractivity contribution in [3.63, 3.8) is 0 Å². The molecule has 1 fully saturated rings. The summed E-state index contributed by atoms with van der Waals surface area (Å²) in [6.07, 6.45) is 1.98. The summed E-state index contributed by atoms with van der Waals surface area (Å²) in [5.74, 6) is 1.04. The second-order valence-electron chi connectivity index (χ2n) is 7.52. The van der Waals surface area contributed by atoms with Crippen LogP contribution in [0.1, 0.15) is 50.3 Å². The predicted octanol–water partition coefficient (Wildman–Crippen LogP) is 2.08. The Hall–Kier alpha value is -1.40. The lowest BCUT2D eigenvalue weighted by Crippen LogP contribution is -2.49. The molecule has 2 heterocycles. The van der Waals surface area contributed by atoms with Crippen LogP contribution in [-0.2, 0) is 11.2 Å². The number of hydrogen-bond donors (Lipinski definition) is 2. The van der Waals surface area contributed by atoms with Crippen molar-refractivity contribution in [1.29, 1.82) is 0 Å². The van der Waals surface area contributed by atoms with Gasteiger partial charge in [-0.15, -0.1) is 0 Å². The first-order valence-corrected chi connectivity index (χ1v) is 9.10. The van der Waals surface area contributed by atoms with Gasteiger partial charge in [-0.25, -0.2) is 0 Å². The Labute approximate surface area is 145 Å². The van der Waals surface area contributed by atoms with Crippen LogP contribution in [0.3, 0.4) is 0 Å². The molecule has 1 aromatic rings. The minimum absolute atomic E-state index is 0.0942. The van der Waals surface area contributed by atoms with Crippen molar-refractivity contribution >= 4 is 5.91 Å². The molecule has 136 valence electrons. The van der Waals surface area contributed by atoms with E-state index in [0.29, 0.717) is 30.1 Å². The molecule has 1 aromatic heterocycles. The first-order chi connectivity index (χ1) is 11.5. The molecule has 1 aliphatic rings.